The lowest BCUT2D eigenvalue weighted by atomic mass is 9.67. The minimum absolute atomic E-state index is 0.708. The van der Waals surface area contributed by atoms with E-state index in [-0.39, 0.29) is 0 Å². The Labute approximate surface area is 91.9 Å². The zero-order chi connectivity index (χ0) is 11.0. The van der Waals surface area contributed by atoms with E-state index < -0.39 is 0 Å². The first-order valence-electron chi connectivity index (χ1n) is 5.87. The normalized spacial score (nSPS) is 30.3. The lowest BCUT2D eigenvalue weighted by Crippen LogP contribution is -2.47. The van der Waals surface area contributed by atoms with Crippen LogP contribution in [0.5, 0.6) is 0 Å². The summed E-state index contributed by atoms with van der Waals surface area (Å²) in [5.41, 5.74) is 2.64. The van der Waals surface area contributed by atoms with Crippen LogP contribution >= 0.6 is 0 Å². The molecule has 15 heavy (non-hydrogen) atoms. The Bertz CT molecular complexity index is 343. The first kappa shape index (κ1) is 10.7. The molecule has 1 saturated carbocycles. The van der Waals surface area contributed by atoms with Crippen LogP contribution in [0.2, 0.25) is 0 Å². The van der Waals surface area contributed by atoms with E-state index >= 15 is 0 Å². The molecule has 2 rings (SSSR count). The number of hydrogen-bond acceptors (Lipinski definition) is 2. The molecule has 1 heterocycles. The second-order valence-electron chi connectivity index (χ2n) is 4.71. The quantitative estimate of drug-likeness (QED) is 0.819. The summed E-state index contributed by atoms with van der Waals surface area (Å²) in [5, 5.41) is 7.95. The van der Waals surface area contributed by atoms with E-state index in [4.69, 9.17) is 0 Å². The molecule has 0 aliphatic heterocycles. The van der Waals surface area contributed by atoms with Gasteiger partial charge in [0, 0.05) is 19.3 Å². The van der Waals surface area contributed by atoms with E-state index in [1.807, 2.05) is 11.7 Å². The molecule has 1 aromatic heterocycles. The van der Waals surface area contributed by atoms with Gasteiger partial charge in [-0.25, -0.2) is 0 Å². The Kier molecular flexibility index (Phi) is 2.83. The van der Waals surface area contributed by atoms with Crippen molar-refractivity contribution in [3.63, 3.8) is 0 Å². The number of aryl methyl sites for hydroxylation is 2. The summed E-state index contributed by atoms with van der Waals surface area (Å²) in [5.74, 6) is 1.45. The molecule has 0 saturated heterocycles. The van der Waals surface area contributed by atoms with E-state index in [0.29, 0.717) is 12.0 Å². The summed E-state index contributed by atoms with van der Waals surface area (Å²) < 4.78 is 1.93. The van der Waals surface area contributed by atoms with Crippen LogP contribution in [0.3, 0.4) is 0 Å². The average molecular weight is 207 g/mol. The summed E-state index contributed by atoms with van der Waals surface area (Å²) in [7, 11) is 2.00. The molecule has 3 heteroatoms. The van der Waals surface area contributed by atoms with Crippen molar-refractivity contribution in [2.24, 2.45) is 13.0 Å². The number of rotatable bonds is 3. The van der Waals surface area contributed by atoms with Gasteiger partial charge in [-0.2, -0.15) is 5.10 Å². The Morgan fingerprint density at radius 1 is 1.60 bits per heavy atom. The Morgan fingerprint density at radius 3 is 2.80 bits per heavy atom. The standard InChI is InChI=1S/C12H21N3/c1-5-13-12-6-10(8(12)2)11-7-15(4)14-9(11)3/h7-8,10,12-13H,5-6H2,1-4H3. The predicted molar refractivity (Wildman–Crippen MR) is 61.9 cm³/mol. The molecule has 1 aromatic rings. The molecule has 0 bridgehead atoms. The smallest absolute Gasteiger partial charge is 0.0628 e. The third-order valence-corrected chi connectivity index (χ3v) is 3.69. The van der Waals surface area contributed by atoms with E-state index in [1.165, 1.54) is 17.7 Å². The maximum absolute atomic E-state index is 4.42. The summed E-state index contributed by atoms with van der Waals surface area (Å²) >= 11 is 0. The van der Waals surface area contributed by atoms with Crippen LogP contribution in [-0.4, -0.2) is 22.4 Å². The summed E-state index contributed by atoms with van der Waals surface area (Å²) in [4.78, 5) is 0. The highest BCUT2D eigenvalue weighted by atomic mass is 15.2. The van der Waals surface area contributed by atoms with Crippen LogP contribution < -0.4 is 5.32 Å². The fourth-order valence-electron chi connectivity index (χ4n) is 2.71. The topological polar surface area (TPSA) is 29.9 Å². The van der Waals surface area contributed by atoms with Crippen molar-refractivity contribution in [2.45, 2.75) is 39.2 Å². The monoisotopic (exact) mass is 207 g/mol. The molecule has 1 aliphatic carbocycles. The Balaban J connectivity index is 2.06. The van der Waals surface area contributed by atoms with E-state index in [0.717, 1.165) is 12.5 Å². The van der Waals surface area contributed by atoms with Gasteiger partial charge in [0.2, 0.25) is 0 Å². The molecule has 3 atom stereocenters. The van der Waals surface area contributed by atoms with Crippen molar-refractivity contribution in [2.75, 3.05) is 6.54 Å². The molecule has 0 aromatic carbocycles. The van der Waals surface area contributed by atoms with Crippen LogP contribution in [-0.2, 0) is 7.05 Å². The average Bonchev–Trinajstić information content (AvgIpc) is 2.51. The van der Waals surface area contributed by atoms with E-state index in [9.17, 15) is 0 Å². The van der Waals surface area contributed by atoms with Crippen molar-refractivity contribution in [1.82, 2.24) is 15.1 Å². The SMILES string of the molecule is CCNC1CC(c2cn(C)nc2C)C1C. The fourth-order valence-corrected chi connectivity index (χ4v) is 2.71. The molecule has 1 aliphatic rings. The van der Waals surface area contributed by atoms with Crippen molar-refractivity contribution in [3.05, 3.63) is 17.5 Å². The second-order valence-corrected chi connectivity index (χ2v) is 4.71. The highest BCUT2D eigenvalue weighted by molar-refractivity contribution is 5.25. The number of hydrogen-bond donors (Lipinski definition) is 1. The highest BCUT2D eigenvalue weighted by Gasteiger charge is 2.39. The van der Waals surface area contributed by atoms with Gasteiger partial charge in [-0.15, -0.1) is 0 Å². The van der Waals surface area contributed by atoms with Gasteiger partial charge in [0.05, 0.1) is 5.69 Å². The molecule has 84 valence electrons. The second kappa shape index (κ2) is 3.97. The minimum Gasteiger partial charge on any atom is -0.314 e. The molecule has 3 nitrogen and oxygen atoms in total. The lowest BCUT2D eigenvalue weighted by molar-refractivity contribution is 0.186. The van der Waals surface area contributed by atoms with Crippen LogP contribution in [0.1, 0.15) is 37.4 Å². The largest absolute Gasteiger partial charge is 0.314 e. The van der Waals surface area contributed by atoms with Crippen molar-refractivity contribution >= 4 is 0 Å². The van der Waals surface area contributed by atoms with E-state index in [1.54, 1.807) is 0 Å². The third kappa shape index (κ3) is 1.81. The van der Waals surface area contributed by atoms with Gasteiger partial charge in [0.15, 0.2) is 0 Å². The zero-order valence-corrected chi connectivity index (χ0v) is 10.1. The molecule has 0 spiro atoms. The number of nitrogens with zero attached hydrogens (tertiary/aromatic N) is 2. The molecule has 1 fully saturated rings. The first-order valence-corrected chi connectivity index (χ1v) is 5.87. The van der Waals surface area contributed by atoms with Gasteiger partial charge < -0.3 is 5.32 Å². The zero-order valence-electron chi connectivity index (χ0n) is 10.1. The third-order valence-electron chi connectivity index (χ3n) is 3.69. The van der Waals surface area contributed by atoms with Gasteiger partial charge in [-0.3, -0.25) is 4.68 Å². The van der Waals surface area contributed by atoms with Crippen LogP contribution in [0.15, 0.2) is 6.20 Å². The van der Waals surface area contributed by atoms with Gasteiger partial charge in [0.1, 0.15) is 0 Å². The summed E-state index contributed by atoms with van der Waals surface area (Å²) in [6.07, 6.45) is 3.44. The van der Waals surface area contributed by atoms with Crippen molar-refractivity contribution in [3.8, 4) is 0 Å². The van der Waals surface area contributed by atoms with Crippen molar-refractivity contribution < 1.29 is 0 Å². The van der Waals surface area contributed by atoms with Gasteiger partial charge in [-0.1, -0.05) is 13.8 Å². The van der Waals surface area contributed by atoms with Gasteiger partial charge in [0.25, 0.3) is 0 Å². The molecular formula is C12H21N3. The van der Waals surface area contributed by atoms with Crippen LogP contribution in [0.4, 0.5) is 0 Å². The Hall–Kier alpha value is -0.830. The van der Waals surface area contributed by atoms with Crippen LogP contribution in [0, 0.1) is 12.8 Å². The number of aromatic nitrogens is 2. The minimum atomic E-state index is 0.708. The molecule has 0 amide bonds. The Morgan fingerprint density at radius 2 is 2.33 bits per heavy atom. The van der Waals surface area contributed by atoms with E-state index in [2.05, 4.69) is 37.4 Å². The fraction of sp³-hybridized carbons (Fsp3) is 0.750. The maximum atomic E-state index is 4.42. The van der Waals surface area contributed by atoms with Crippen molar-refractivity contribution in [1.29, 1.82) is 0 Å². The molecular weight excluding hydrogens is 186 g/mol. The van der Waals surface area contributed by atoms with Crippen LogP contribution in [0.25, 0.3) is 0 Å². The van der Waals surface area contributed by atoms with Gasteiger partial charge in [-0.05, 0) is 37.3 Å². The lowest BCUT2D eigenvalue weighted by Gasteiger charge is -2.43. The molecule has 3 unspecified atom stereocenters. The molecule has 1 N–H and O–H groups in total. The highest BCUT2D eigenvalue weighted by Crippen LogP contribution is 2.43. The number of nitrogens with one attached hydrogen (secondary N) is 1. The predicted octanol–water partition coefficient (Wildman–Crippen LogP) is 1.83. The molecule has 0 radical (unpaired) electrons. The first-order chi connectivity index (χ1) is 7.13. The summed E-state index contributed by atoms with van der Waals surface area (Å²) in [6.45, 7) is 7.71. The van der Waals surface area contributed by atoms with Gasteiger partial charge >= 0.3 is 0 Å². The maximum Gasteiger partial charge on any atom is 0.0628 e. The summed E-state index contributed by atoms with van der Waals surface area (Å²) in [6, 6.07) is 0.708.